The predicted molar refractivity (Wildman–Crippen MR) is 89.4 cm³/mol. The summed E-state index contributed by atoms with van der Waals surface area (Å²) in [5, 5.41) is 10.3. The van der Waals surface area contributed by atoms with Crippen LogP contribution in [0.15, 0.2) is 6.20 Å². The number of hydrogen-bond donors (Lipinski definition) is 2. The molecule has 1 aliphatic rings. The molecule has 0 aromatic carbocycles. The number of rotatable bonds is 8. The van der Waals surface area contributed by atoms with Gasteiger partial charge in [0.05, 0.1) is 25.4 Å². The molecule has 0 bridgehead atoms. The molecule has 1 fully saturated rings. The van der Waals surface area contributed by atoms with Crippen LogP contribution in [0.1, 0.15) is 30.6 Å². The maximum atomic E-state index is 12.1. The summed E-state index contributed by atoms with van der Waals surface area (Å²) in [6.07, 6.45) is 2.17. The average Bonchev–Trinajstić information content (AvgIpc) is 3.02. The third kappa shape index (κ3) is 4.12. The van der Waals surface area contributed by atoms with E-state index in [9.17, 15) is 9.59 Å². The Kier molecular flexibility index (Phi) is 6.33. The number of amides is 2. The van der Waals surface area contributed by atoms with E-state index < -0.39 is 0 Å². The largest absolute Gasteiger partial charge is 0.380 e. The van der Waals surface area contributed by atoms with Crippen LogP contribution < -0.4 is 10.6 Å². The maximum absolute atomic E-state index is 12.1. The van der Waals surface area contributed by atoms with Crippen LogP contribution in [0.4, 0.5) is 0 Å². The van der Waals surface area contributed by atoms with E-state index in [2.05, 4.69) is 15.7 Å². The van der Waals surface area contributed by atoms with E-state index in [1.54, 1.807) is 22.8 Å². The molecule has 8 heteroatoms. The van der Waals surface area contributed by atoms with E-state index in [0.29, 0.717) is 26.2 Å². The molecule has 0 aliphatic carbocycles. The van der Waals surface area contributed by atoms with Crippen molar-refractivity contribution in [3.63, 3.8) is 0 Å². The number of ether oxygens (including phenoxy) is 1. The molecule has 134 valence electrons. The summed E-state index contributed by atoms with van der Waals surface area (Å²) in [6.45, 7) is 5.70. The van der Waals surface area contributed by atoms with Gasteiger partial charge in [-0.25, -0.2) is 0 Å². The van der Waals surface area contributed by atoms with Gasteiger partial charge in [0.2, 0.25) is 11.8 Å². The zero-order valence-electron chi connectivity index (χ0n) is 14.8. The van der Waals surface area contributed by atoms with Crippen molar-refractivity contribution in [3.8, 4) is 0 Å². The predicted octanol–water partition coefficient (Wildman–Crippen LogP) is -0.257. The minimum absolute atomic E-state index is 0.0671. The second-order valence-corrected chi connectivity index (χ2v) is 6.00. The fraction of sp³-hybridized carbons (Fsp3) is 0.688. The smallest absolute Gasteiger partial charge is 0.234 e. The average molecular weight is 337 g/mol. The van der Waals surface area contributed by atoms with Crippen molar-refractivity contribution in [3.05, 3.63) is 17.5 Å². The lowest BCUT2D eigenvalue weighted by Crippen LogP contribution is -2.42. The molecule has 0 unspecified atom stereocenters. The number of likely N-dealkylation sites (tertiary alicyclic amines) is 1. The van der Waals surface area contributed by atoms with Crippen LogP contribution in [-0.2, 0) is 21.4 Å². The lowest BCUT2D eigenvalue weighted by molar-refractivity contribution is -0.127. The summed E-state index contributed by atoms with van der Waals surface area (Å²) in [7, 11) is 3.67. The van der Waals surface area contributed by atoms with E-state index >= 15 is 0 Å². The Hall–Kier alpha value is -1.93. The van der Waals surface area contributed by atoms with Gasteiger partial charge >= 0.3 is 0 Å². The Labute approximate surface area is 142 Å². The van der Waals surface area contributed by atoms with E-state index in [0.717, 1.165) is 11.3 Å². The van der Waals surface area contributed by atoms with E-state index in [-0.39, 0.29) is 30.4 Å². The Morgan fingerprint density at radius 3 is 2.83 bits per heavy atom. The molecule has 24 heavy (non-hydrogen) atoms. The highest BCUT2D eigenvalue weighted by Gasteiger charge is 2.39. The van der Waals surface area contributed by atoms with Gasteiger partial charge in [0.15, 0.2) is 0 Å². The Balaban J connectivity index is 1.94. The first-order valence-electron chi connectivity index (χ1n) is 8.27. The van der Waals surface area contributed by atoms with Crippen LogP contribution in [0.2, 0.25) is 0 Å². The summed E-state index contributed by atoms with van der Waals surface area (Å²) >= 11 is 0. The Morgan fingerprint density at radius 2 is 2.21 bits per heavy atom. The van der Waals surface area contributed by atoms with Crippen molar-refractivity contribution in [2.75, 3.05) is 33.4 Å². The zero-order valence-corrected chi connectivity index (χ0v) is 14.8. The molecular weight excluding hydrogens is 310 g/mol. The molecule has 0 spiro atoms. The first kappa shape index (κ1) is 18.4. The minimum Gasteiger partial charge on any atom is -0.380 e. The van der Waals surface area contributed by atoms with Crippen molar-refractivity contribution in [1.82, 2.24) is 25.3 Å². The SMILES string of the molecule is CCOCCNC(=O)CN[C@@H]1CC(=O)N(C)[C@H]1c1cnn(C)c1C. The van der Waals surface area contributed by atoms with Gasteiger partial charge in [-0.2, -0.15) is 5.10 Å². The quantitative estimate of drug-likeness (QED) is 0.638. The monoisotopic (exact) mass is 337 g/mol. The third-order valence-corrected chi connectivity index (χ3v) is 4.48. The van der Waals surface area contributed by atoms with Crippen molar-refractivity contribution in [2.24, 2.45) is 7.05 Å². The van der Waals surface area contributed by atoms with Gasteiger partial charge in [-0.15, -0.1) is 0 Å². The summed E-state index contributed by atoms with van der Waals surface area (Å²) < 4.78 is 6.98. The summed E-state index contributed by atoms with van der Waals surface area (Å²) in [6, 6.07) is -0.217. The molecule has 1 aromatic rings. The highest BCUT2D eigenvalue weighted by Crippen LogP contribution is 2.33. The number of nitrogens with one attached hydrogen (secondary N) is 2. The highest BCUT2D eigenvalue weighted by molar-refractivity contribution is 5.81. The topological polar surface area (TPSA) is 88.5 Å². The summed E-state index contributed by atoms with van der Waals surface area (Å²) in [5.41, 5.74) is 2.04. The standard InChI is InChI=1S/C16H27N5O3/c1-5-24-7-6-17-14(22)10-18-13-8-15(23)20(3)16(13)12-9-19-21(4)11(12)2/h9,13,16,18H,5-8,10H2,1-4H3,(H,17,22)/t13-,16+/m1/s1. The molecule has 1 saturated heterocycles. The first-order valence-corrected chi connectivity index (χ1v) is 8.27. The molecule has 2 N–H and O–H groups in total. The van der Waals surface area contributed by atoms with Gasteiger partial charge in [-0.3, -0.25) is 14.3 Å². The number of hydrogen-bond acceptors (Lipinski definition) is 5. The third-order valence-electron chi connectivity index (χ3n) is 4.48. The van der Waals surface area contributed by atoms with Gasteiger partial charge in [0.1, 0.15) is 0 Å². The molecule has 1 aliphatic heterocycles. The van der Waals surface area contributed by atoms with Crippen LogP contribution in [0.3, 0.4) is 0 Å². The number of aryl methyl sites for hydroxylation is 1. The fourth-order valence-corrected chi connectivity index (χ4v) is 2.98. The van der Waals surface area contributed by atoms with Crippen LogP contribution in [0.25, 0.3) is 0 Å². The van der Waals surface area contributed by atoms with Gasteiger partial charge in [-0.05, 0) is 13.8 Å². The second-order valence-electron chi connectivity index (χ2n) is 6.00. The van der Waals surface area contributed by atoms with Crippen molar-refractivity contribution >= 4 is 11.8 Å². The van der Waals surface area contributed by atoms with Crippen LogP contribution >= 0.6 is 0 Å². The summed E-state index contributed by atoms with van der Waals surface area (Å²) in [5.74, 6) is -0.0316. The zero-order chi connectivity index (χ0) is 17.7. The molecule has 2 atom stereocenters. The molecule has 2 rings (SSSR count). The summed E-state index contributed by atoms with van der Waals surface area (Å²) in [4.78, 5) is 25.7. The van der Waals surface area contributed by atoms with Crippen LogP contribution in [-0.4, -0.2) is 65.9 Å². The maximum Gasteiger partial charge on any atom is 0.234 e. The number of aromatic nitrogens is 2. The van der Waals surface area contributed by atoms with Crippen LogP contribution in [0.5, 0.6) is 0 Å². The highest BCUT2D eigenvalue weighted by atomic mass is 16.5. The molecule has 8 nitrogen and oxygen atoms in total. The minimum atomic E-state index is -0.109. The Bertz CT molecular complexity index is 586. The van der Waals surface area contributed by atoms with Crippen molar-refractivity contribution in [1.29, 1.82) is 0 Å². The number of likely N-dealkylation sites (N-methyl/N-ethyl adjacent to an activating group) is 1. The van der Waals surface area contributed by atoms with Gasteiger partial charge in [0.25, 0.3) is 0 Å². The normalized spacial score (nSPS) is 20.7. The van der Waals surface area contributed by atoms with Crippen LogP contribution in [0, 0.1) is 6.92 Å². The van der Waals surface area contributed by atoms with Gasteiger partial charge in [-0.1, -0.05) is 0 Å². The number of nitrogens with zero attached hydrogens (tertiary/aromatic N) is 3. The molecular formula is C16H27N5O3. The second kappa shape index (κ2) is 8.25. The number of carbonyl (C=O) groups excluding carboxylic acids is 2. The van der Waals surface area contributed by atoms with Gasteiger partial charge < -0.3 is 20.3 Å². The van der Waals surface area contributed by atoms with Crippen molar-refractivity contribution < 1.29 is 14.3 Å². The lowest BCUT2D eigenvalue weighted by atomic mass is 10.0. The van der Waals surface area contributed by atoms with Gasteiger partial charge in [0, 0.05) is 51.0 Å². The molecule has 0 radical (unpaired) electrons. The molecule has 0 saturated carbocycles. The van der Waals surface area contributed by atoms with E-state index in [1.807, 2.05) is 20.9 Å². The molecule has 1 aromatic heterocycles. The molecule has 2 heterocycles. The van der Waals surface area contributed by atoms with E-state index in [1.165, 1.54) is 0 Å². The number of carbonyl (C=O) groups is 2. The Morgan fingerprint density at radius 1 is 1.46 bits per heavy atom. The lowest BCUT2D eigenvalue weighted by Gasteiger charge is -2.25. The fourth-order valence-electron chi connectivity index (χ4n) is 2.98. The van der Waals surface area contributed by atoms with Crippen molar-refractivity contribution in [2.45, 2.75) is 32.4 Å². The molecule has 2 amide bonds. The van der Waals surface area contributed by atoms with E-state index in [4.69, 9.17) is 4.74 Å². The first-order chi connectivity index (χ1) is 11.5.